The van der Waals surface area contributed by atoms with Crippen molar-refractivity contribution in [2.45, 2.75) is 18.8 Å². The molecule has 1 nitrogen and oxygen atoms in total. The second-order valence-corrected chi connectivity index (χ2v) is 5.35. The van der Waals surface area contributed by atoms with Gasteiger partial charge in [-0.2, -0.15) is 0 Å². The zero-order valence-electron chi connectivity index (χ0n) is 11.6. The molecule has 2 aromatic carbocycles. The van der Waals surface area contributed by atoms with Gasteiger partial charge in [0.2, 0.25) is 0 Å². The predicted molar refractivity (Wildman–Crippen MR) is 82.8 cm³/mol. The Labute approximate surface area is 124 Å². The summed E-state index contributed by atoms with van der Waals surface area (Å²) >= 11 is 6.31. The van der Waals surface area contributed by atoms with Gasteiger partial charge in [-0.25, -0.2) is 4.39 Å². The average molecular weight is 292 g/mol. The maximum absolute atomic E-state index is 13.0. The molecule has 1 atom stereocenters. The van der Waals surface area contributed by atoms with Crippen LogP contribution in [0.2, 0.25) is 5.02 Å². The molecule has 20 heavy (non-hydrogen) atoms. The lowest BCUT2D eigenvalue weighted by Crippen LogP contribution is -2.14. The zero-order chi connectivity index (χ0) is 14.4. The van der Waals surface area contributed by atoms with Crippen molar-refractivity contribution in [3.8, 4) is 0 Å². The Morgan fingerprint density at radius 1 is 1.10 bits per heavy atom. The Morgan fingerprint density at radius 2 is 1.80 bits per heavy atom. The molecule has 1 unspecified atom stereocenters. The second-order valence-electron chi connectivity index (χ2n) is 4.94. The first-order valence-corrected chi connectivity index (χ1v) is 7.22. The summed E-state index contributed by atoms with van der Waals surface area (Å²) in [5, 5.41) is 3.98. The molecule has 0 bridgehead atoms. The van der Waals surface area contributed by atoms with Crippen LogP contribution < -0.4 is 5.32 Å². The fourth-order valence-corrected chi connectivity index (χ4v) is 2.69. The average Bonchev–Trinajstić information content (AvgIpc) is 2.46. The molecule has 3 heteroatoms. The maximum atomic E-state index is 13.0. The van der Waals surface area contributed by atoms with Gasteiger partial charge in [-0.15, -0.1) is 0 Å². The normalized spacial score (nSPS) is 12.3. The Balaban J connectivity index is 2.19. The molecule has 0 aliphatic carbocycles. The van der Waals surface area contributed by atoms with Crippen LogP contribution in [0.15, 0.2) is 48.5 Å². The molecule has 2 rings (SSSR count). The van der Waals surface area contributed by atoms with Gasteiger partial charge in [-0.3, -0.25) is 0 Å². The lowest BCUT2D eigenvalue weighted by Gasteiger charge is -2.19. The maximum Gasteiger partial charge on any atom is 0.123 e. The molecular weight excluding hydrogens is 273 g/mol. The summed E-state index contributed by atoms with van der Waals surface area (Å²) in [6, 6.07) is 14.7. The molecule has 0 fully saturated rings. The number of rotatable bonds is 6. The van der Waals surface area contributed by atoms with Crippen molar-refractivity contribution in [2.24, 2.45) is 0 Å². The molecule has 0 aliphatic rings. The predicted octanol–water partition coefficient (Wildman–Crippen LogP) is 4.41. The summed E-state index contributed by atoms with van der Waals surface area (Å²) in [5.41, 5.74) is 2.29. The summed E-state index contributed by atoms with van der Waals surface area (Å²) in [7, 11) is 1.95. The first kappa shape index (κ1) is 15.0. The van der Waals surface area contributed by atoms with E-state index in [0.29, 0.717) is 5.92 Å². The van der Waals surface area contributed by atoms with Crippen LogP contribution in [0.1, 0.15) is 23.5 Å². The SMILES string of the molecule is CNCCC(Cc1ccc(F)cc1)c1ccccc1Cl. The first-order chi connectivity index (χ1) is 9.70. The van der Waals surface area contributed by atoms with Crippen LogP contribution in [0.5, 0.6) is 0 Å². The Bertz CT molecular complexity index is 539. The minimum Gasteiger partial charge on any atom is -0.320 e. The molecule has 0 amide bonds. The molecular formula is C17H19ClFN. The van der Waals surface area contributed by atoms with Crippen molar-refractivity contribution >= 4 is 11.6 Å². The standard InChI is InChI=1S/C17H19ClFN/c1-20-11-10-14(16-4-2-3-5-17(16)18)12-13-6-8-15(19)9-7-13/h2-9,14,20H,10-12H2,1H3. The topological polar surface area (TPSA) is 12.0 Å². The minimum absolute atomic E-state index is 0.196. The molecule has 0 aliphatic heterocycles. The third-order valence-corrected chi connectivity index (χ3v) is 3.83. The van der Waals surface area contributed by atoms with E-state index in [1.807, 2.05) is 37.4 Å². The van der Waals surface area contributed by atoms with E-state index in [1.54, 1.807) is 0 Å². The van der Waals surface area contributed by atoms with Gasteiger partial charge in [-0.1, -0.05) is 41.9 Å². The fourth-order valence-electron chi connectivity index (χ4n) is 2.40. The summed E-state index contributed by atoms with van der Waals surface area (Å²) in [4.78, 5) is 0. The highest BCUT2D eigenvalue weighted by molar-refractivity contribution is 6.31. The van der Waals surface area contributed by atoms with E-state index in [1.165, 1.54) is 12.1 Å². The number of hydrogen-bond acceptors (Lipinski definition) is 1. The Hall–Kier alpha value is -1.38. The highest BCUT2D eigenvalue weighted by atomic mass is 35.5. The lowest BCUT2D eigenvalue weighted by atomic mass is 9.89. The van der Waals surface area contributed by atoms with E-state index < -0.39 is 0 Å². The van der Waals surface area contributed by atoms with Crippen molar-refractivity contribution in [2.75, 3.05) is 13.6 Å². The summed E-state index contributed by atoms with van der Waals surface area (Å²) < 4.78 is 13.0. The molecule has 0 saturated heterocycles. The zero-order valence-corrected chi connectivity index (χ0v) is 12.3. The Kier molecular flexibility index (Phi) is 5.57. The van der Waals surface area contributed by atoms with E-state index in [-0.39, 0.29) is 5.82 Å². The van der Waals surface area contributed by atoms with Crippen LogP contribution in [0, 0.1) is 5.82 Å². The Morgan fingerprint density at radius 3 is 2.45 bits per heavy atom. The largest absolute Gasteiger partial charge is 0.320 e. The summed E-state index contributed by atoms with van der Waals surface area (Å²) in [6.07, 6.45) is 1.86. The van der Waals surface area contributed by atoms with Gasteiger partial charge in [0.1, 0.15) is 5.82 Å². The van der Waals surface area contributed by atoms with Crippen molar-refractivity contribution in [1.82, 2.24) is 5.32 Å². The van der Waals surface area contributed by atoms with E-state index >= 15 is 0 Å². The van der Waals surface area contributed by atoms with E-state index in [9.17, 15) is 4.39 Å². The highest BCUT2D eigenvalue weighted by Gasteiger charge is 2.15. The summed E-state index contributed by atoms with van der Waals surface area (Å²) in [5.74, 6) is 0.139. The van der Waals surface area contributed by atoms with Crippen molar-refractivity contribution in [3.63, 3.8) is 0 Å². The van der Waals surface area contributed by atoms with Gasteiger partial charge in [-0.05, 0) is 61.7 Å². The number of benzene rings is 2. The molecule has 0 heterocycles. The molecule has 0 saturated carbocycles. The van der Waals surface area contributed by atoms with Crippen molar-refractivity contribution < 1.29 is 4.39 Å². The van der Waals surface area contributed by atoms with Crippen LogP contribution in [-0.2, 0) is 6.42 Å². The molecule has 0 aromatic heterocycles. The molecule has 0 radical (unpaired) electrons. The third-order valence-electron chi connectivity index (χ3n) is 3.48. The van der Waals surface area contributed by atoms with Gasteiger partial charge >= 0.3 is 0 Å². The number of nitrogens with one attached hydrogen (secondary N) is 1. The van der Waals surface area contributed by atoms with Crippen LogP contribution in [0.3, 0.4) is 0 Å². The second kappa shape index (κ2) is 7.41. The summed E-state index contributed by atoms with van der Waals surface area (Å²) in [6.45, 7) is 0.928. The van der Waals surface area contributed by atoms with Crippen LogP contribution in [-0.4, -0.2) is 13.6 Å². The van der Waals surface area contributed by atoms with Crippen LogP contribution >= 0.6 is 11.6 Å². The van der Waals surface area contributed by atoms with Crippen LogP contribution in [0.4, 0.5) is 4.39 Å². The number of hydrogen-bond donors (Lipinski definition) is 1. The molecule has 106 valence electrons. The highest BCUT2D eigenvalue weighted by Crippen LogP contribution is 2.29. The first-order valence-electron chi connectivity index (χ1n) is 6.84. The monoisotopic (exact) mass is 291 g/mol. The van der Waals surface area contributed by atoms with Gasteiger partial charge in [0.15, 0.2) is 0 Å². The third kappa shape index (κ3) is 4.06. The molecule has 0 spiro atoms. The van der Waals surface area contributed by atoms with Gasteiger partial charge in [0.25, 0.3) is 0 Å². The van der Waals surface area contributed by atoms with Crippen molar-refractivity contribution in [1.29, 1.82) is 0 Å². The van der Waals surface area contributed by atoms with Crippen LogP contribution in [0.25, 0.3) is 0 Å². The smallest absolute Gasteiger partial charge is 0.123 e. The van der Waals surface area contributed by atoms with Crippen molar-refractivity contribution in [3.05, 3.63) is 70.5 Å². The van der Waals surface area contributed by atoms with E-state index in [0.717, 1.165) is 35.5 Å². The fraction of sp³-hybridized carbons (Fsp3) is 0.294. The quantitative estimate of drug-likeness (QED) is 0.831. The van der Waals surface area contributed by atoms with E-state index in [2.05, 4.69) is 11.4 Å². The lowest BCUT2D eigenvalue weighted by molar-refractivity contribution is 0.590. The van der Waals surface area contributed by atoms with Gasteiger partial charge in [0.05, 0.1) is 0 Å². The minimum atomic E-state index is -0.196. The molecule has 1 N–H and O–H groups in total. The van der Waals surface area contributed by atoms with Gasteiger partial charge in [0, 0.05) is 5.02 Å². The molecule has 2 aromatic rings. The van der Waals surface area contributed by atoms with Gasteiger partial charge < -0.3 is 5.32 Å². The number of halogens is 2. The van der Waals surface area contributed by atoms with E-state index in [4.69, 9.17) is 11.6 Å².